The van der Waals surface area contributed by atoms with Crippen molar-refractivity contribution < 1.29 is 17.9 Å². The number of nitrogens with one attached hydrogen (secondary N) is 1. The van der Waals surface area contributed by atoms with E-state index in [9.17, 15) is 13.2 Å². The Morgan fingerprint density at radius 2 is 1.85 bits per heavy atom. The summed E-state index contributed by atoms with van der Waals surface area (Å²) in [5.41, 5.74) is 0.369. The number of rotatable bonds is 6. The number of Topliss-reactive ketones (excluding diaryl/α,β-unsaturated/α-hetero) is 1. The van der Waals surface area contributed by atoms with Gasteiger partial charge in [-0.25, -0.2) is 23.1 Å². The lowest BCUT2D eigenvalue weighted by atomic mass is 9.97. The van der Waals surface area contributed by atoms with Gasteiger partial charge in [0.2, 0.25) is 5.95 Å². The highest BCUT2D eigenvalue weighted by atomic mass is 32.2. The number of sulfonamides is 1. The van der Waals surface area contributed by atoms with E-state index in [1.165, 1.54) is 50.0 Å². The van der Waals surface area contributed by atoms with Gasteiger partial charge in [0, 0.05) is 38.3 Å². The van der Waals surface area contributed by atoms with Gasteiger partial charge in [0.05, 0.1) is 4.90 Å². The van der Waals surface area contributed by atoms with Gasteiger partial charge in [0.1, 0.15) is 5.92 Å². The van der Waals surface area contributed by atoms with Crippen molar-refractivity contribution in [2.45, 2.75) is 11.1 Å². The maximum atomic E-state index is 12.6. The zero-order chi connectivity index (χ0) is 18.7. The Morgan fingerprint density at radius 1 is 1.19 bits per heavy atom. The van der Waals surface area contributed by atoms with Gasteiger partial charge in [-0.2, -0.15) is 5.10 Å². The zero-order valence-electron chi connectivity index (χ0n) is 14.1. The van der Waals surface area contributed by atoms with Crippen molar-refractivity contribution in [3.05, 3.63) is 48.3 Å². The van der Waals surface area contributed by atoms with E-state index in [1.807, 2.05) is 0 Å². The molecule has 2 unspecified atom stereocenters. The number of ether oxygens (including phenoxy) is 1. The van der Waals surface area contributed by atoms with Crippen LogP contribution in [0.2, 0.25) is 0 Å². The number of nitrogens with zero attached hydrogens (tertiary/aromatic N) is 4. The average molecular weight is 375 g/mol. The van der Waals surface area contributed by atoms with Crippen molar-refractivity contribution in [1.82, 2.24) is 15.0 Å². The summed E-state index contributed by atoms with van der Waals surface area (Å²) in [6.45, 7) is 0. The van der Waals surface area contributed by atoms with Gasteiger partial charge in [0.25, 0.3) is 10.0 Å². The van der Waals surface area contributed by atoms with Crippen LogP contribution in [0.3, 0.4) is 0 Å². The highest BCUT2D eigenvalue weighted by Crippen LogP contribution is 2.22. The van der Waals surface area contributed by atoms with E-state index in [0.29, 0.717) is 5.56 Å². The molecular weight excluding hydrogens is 358 g/mol. The largest absolute Gasteiger partial charge is 0.359 e. The first-order valence-corrected chi connectivity index (χ1v) is 9.14. The quantitative estimate of drug-likeness (QED) is 0.749. The third kappa shape index (κ3) is 3.55. The fraction of sp³-hybridized carbons (Fsp3) is 0.250. The number of carbonyl (C=O) groups excluding carboxylic acids is 1. The molecule has 0 saturated heterocycles. The number of aromatic nitrogens is 2. The van der Waals surface area contributed by atoms with Crippen LogP contribution in [0.5, 0.6) is 0 Å². The fourth-order valence-corrected chi connectivity index (χ4v) is 3.52. The lowest BCUT2D eigenvalue weighted by molar-refractivity contribution is -0.0197. The van der Waals surface area contributed by atoms with E-state index < -0.39 is 22.2 Å². The van der Waals surface area contributed by atoms with Gasteiger partial charge in [-0.15, -0.1) is 0 Å². The molecule has 1 aliphatic rings. The van der Waals surface area contributed by atoms with Crippen molar-refractivity contribution in [2.75, 3.05) is 18.9 Å². The van der Waals surface area contributed by atoms with Gasteiger partial charge in [0.15, 0.2) is 12.0 Å². The van der Waals surface area contributed by atoms with Crippen LogP contribution in [-0.4, -0.2) is 55.8 Å². The average Bonchev–Trinajstić information content (AvgIpc) is 3.02. The molecule has 0 radical (unpaired) electrons. The Morgan fingerprint density at radius 3 is 2.46 bits per heavy atom. The maximum absolute atomic E-state index is 12.6. The smallest absolute Gasteiger partial charge is 0.264 e. The minimum Gasteiger partial charge on any atom is -0.359 e. The summed E-state index contributed by atoms with van der Waals surface area (Å²) in [6, 6.07) is 7.21. The van der Waals surface area contributed by atoms with Crippen LogP contribution in [-0.2, 0) is 14.8 Å². The van der Waals surface area contributed by atoms with Crippen molar-refractivity contribution in [2.24, 2.45) is 11.0 Å². The van der Waals surface area contributed by atoms with E-state index in [0.717, 1.165) is 0 Å². The highest BCUT2D eigenvalue weighted by molar-refractivity contribution is 7.92. The van der Waals surface area contributed by atoms with E-state index in [4.69, 9.17) is 4.74 Å². The second kappa shape index (κ2) is 7.18. The summed E-state index contributed by atoms with van der Waals surface area (Å²) in [5, 5.41) is 5.62. The number of benzene rings is 1. The first-order valence-electron chi connectivity index (χ1n) is 7.66. The third-order valence-corrected chi connectivity index (χ3v) is 5.21. The number of carbonyl (C=O) groups is 1. The summed E-state index contributed by atoms with van der Waals surface area (Å²) >= 11 is 0. The predicted octanol–water partition coefficient (Wildman–Crippen LogP) is 0.980. The van der Waals surface area contributed by atoms with E-state index in [1.54, 1.807) is 18.1 Å². The molecule has 0 amide bonds. The van der Waals surface area contributed by atoms with Gasteiger partial charge >= 0.3 is 0 Å². The lowest BCUT2D eigenvalue weighted by Crippen LogP contribution is -2.35. The summed E-state index contributed by atoms with van der Waals surface area (Å²) in [5.74, 6) is -0.780. The van der Waals surface area contributed by atoms with Gasteiger partial charge in [-0.05, 0) is 18.2 Å². The van der Waals surface area contributed by atoms with E-state index in [-0.39, 0.29) is 16.6 Å². The van der Waals surface area contributed by atoms with Crippen molar-refractivity contribution in [3.8, 4) is 0 Å². The number of ketones is 1. The molecule has 3 rings (SSSR count). The van der Waals surface area contributed by atoms with E-state index >= 15 is 0 Å². The van der Waals surface area contributed by atoms with Crippen molar-refractivity contribution >= 4 is 28.0 Å². The predicted molar refractivity (Wildman–Crippen MR) is 94.2 cm³/mol. The summed E-state index contributed by atoms with van der Waals surface area (Å²) in [7, 11) is -0.628. The van der Waals surface area contributed by atoms with E-state index in [2.05, 4.69) is 19.8 Å². The molecule has 0 fully saturated rings. The Balaban J connectivity index is 1.78. The molecule has 2 atom stereocenters. The number of hydrogen-bond donors (Lipinski definition) is 1. The number of hydrogen-bond acceptors (Lipinski definition) is 8. The molecule has 9 nitrogen and oxygen atoms in total. The van der Waals surface area contributed by atoms with Gasteiger partial charge in [-0.1, -0.05) is 12.1 Å². The van der Waals surface area contributed by atoms with Gasteiger partial charge in [-0.3, -0.25) is 9.80 Å². The molecule has 0 bridgehead atoms. The molecule has 2 heterocycles. The summed E-state index contributed by atoms with van der Waals surface area (Å²) in [6.07, 6.45) is 3.90. The second-order valence-electron chi connectivity index (χ2n) is 5.56. The molecule has 136 valence electrons. The van der Waals surface area contributed by atoms with Crippen LogP contribution in [0, 0.1) is 5.92 Å². The molecule has 0 spiro atoms. The number of methoxy groups -OCH3 is 1. The third-order valence-electron chi connectivity index (χ3n) is 3.87. The molecule has 0 saturated carbocycles. The summed E-state index contributed by atoms with van der Waals surface area (Å²) < 4.78 is 32.3. The standard InChI is InChI=1S/C16H17N5O4S/c1-21-15(25-2)13(10-19-21)14(22)11-4-6-12(7-5-11)26(23,24)20-16-17-8-3-9-18-16/h3-10,13,15H,1-2H3,(H,17,18,20). The van der Waals surface area contributed by atoms with Gasteiger partial charge < -0.3 is 4.74 Å². The Bertz CT molecular complexity index is 915. The molecule has 1 aromatic heterocycles. The first-order chi connectivity index (χ1) is 12.4. The van der Waals surface area contributed by atoms with Crippen LogP contribution in [0.25, 0.3) is 0 Å². The minimum absolute atomic E-state index is 0.00185. The maximum Gasteiger partial charge on any atom is 0.264 e. The minimum atomic E-state index is -3.84. The second-order valence-corrected chi connectivity index (χ2v) is 7.24. The van der Waals surface area contributed by atoms with Crippen LogP contribution in [0.1, 0.15) is 10.4 Å². The number of anilines is 1. The van der Waals surface area contributed by atoms with Crippen LogP contribution < -0.4 is 4.72 Å². The highest BCUT2D eigenvalue weighted by Gasteiger charge is 2.34. The molecule has 1 aliphatic heterocycles. The molecule has 2 aromatic rings. The van der Waals surface area contributed by atoms with Crippen LogP contribution in [0.15, 0.2) is 52.7 Å². The summed E-state index contributed by atoms with van der Waals surface area (Å²) in [4.78, 5) is 20.3. The first kappa shape index (κ1) is 18.0. The molecule has 26 heavy (non-hydrogen) atoms. The zero-order valence-corrected chi connectivity index (χ0v) is 14.9. The molecule has 1 N–H and O–H groups in total. The molecule has 1 aromatic carbocycles. The topological polar surface area (TPSA) is 114 Å². The lowest BCUT2D eigenvalue weighted by Gasteiger charge is -2.21. The number of hydrazone groups is 1. The molecular formula is C16H17N5O4S. The van der Waals surface area contributed by atoms with Crippen LogP contribution >= 0.6 is 0 Å². The molecule has 10 heteroatoms. The van der Waals surface area contributed by atoms with Crippen molar-refractivity contribution in [3.63, 3.8) is 0 Å². The SMILES string of the molecule is COC1C(C(=O)c2ccc(S(=O)(=O)Nc3ncccn3)cc2)C=NN1C. The molecule has 0 aliphatic carbocycles. The monoisotopic (exact) mass is 375 g/mol. The fourth-order valence-electron chi connectivity index (χ4n) is 2.57. The Labute approximate surface area is 150 Å². The van der Waals surface area contributed by atoms with Crippen molar-refractivity contribution in [1.29, 1.82) is 0 Å². The Kier molecular flexibility index (Phi) is 4.96. The Hall–Kier alpha value is -2.85. The normalized spacial score (nSPS) is 19.5. The van der Waals surface area contributed by atoms with Crippen LogP contribution in [0.4, 0.5) is 5.95 Å².